The number of hydrogen-bond acceptors (Lipinski definition) is 2. The summed E-state index contributed by atoms with van der Waals surface area (Å²) in [5, 5.41) is 12.6. The zero-order valence-corrected chi connectivity index (χ0v) is 10.5. The lowest BCUT2D eigenvalue weighted by atomic mass is 9.75. The number of halogens is 1. The molecule has 4 heteroatoms. The Morgan fingerprint density at radius 2 is 2.33 bits per heavy atom. The minimum atomic E-state index is -0.765. The molecule has 1 fully saturated rings. The molecule has 18 heavy (non-hydrogen) atoms. The number of aliphatic carboxylic acids is 1. The summed E-state index contributed by atoms with van der Waals surface area (Å²) >= 11 is 0. The van der Waals surface area contributed by atoms with Crippen molar-refractivity contribution in [1.82, 2.24) is 5.32 Å². The molecule has 1 aliphatic heterocycles. The summed E-state index contributed by atoms with van der Waals surface area (Å²) in [5.41, 5.74) is 0.990. The van der Waals surface area contributed by atoms with E-state index in [1.165, 1.54) is 12.1 Å². The summed E-state index contributed by atoms with van der Waals surface area (Å²) in [4.78, 5) is 11.5. The zero-order chi connectivity index (χ0) is 13.2. The summed E-state index contributed by atoms with van der Waals surface area (Å²) in [6.07, 6.45) is 2.00. The monoisotopic (exact) mass is 251 g/mol. The lowest BCUT2D eigenvalue weighted by Gasteiger charge is -2.34. The van der Waals surface area contributed by atoms with Crippen molar-refractivity contribution in [2.75, 3.05) is 13.1 Å². The summed E-state index contributed by atoms with van der Waals surface area (Å²) in [6, 6.07) is 4.55. The molecule has 1 aromatic rings. The third-order valence-electron chi connectivity index (χ3n) is 3.76. The van der Waals surface area contributed by atoms with Crippen LogP contribution >= 0.6 is 0 Å². The van der Waals surface area contributed by atoms with Gasteiger partial charge in [0.15, 0.2) is 0 Å². The van der Waals surface area contributed by atoms with E-state index in [1.807, 2.05) is 6.92 Å². The molecule has 0 saturated carbocycles. The van der Waals surface area contributed by atoms with Crippen LogP contribution in [0.4, 0.5) is 4.39 Å². The van der Waals surface area contributed by atoms with E-state index in [2.05, 4.69) is 5.32 Å². The largest absolute Gasteiger partial charge is 0.481 e. The third-order valence-corrected chi connectivity index (χ3v) is 3.76. The highest BCUT2D eigenvalue weighted by Gasteiger charge is 2.39. The van der Waals surface area contributed by atoms with Gasteiger partial charge in [-0.25, -0.2) is 4.39 Å². The van der Waals surface area contributed by atoms with Crippen molar-refractivity contribution in [2.24, 2.45) is 5.41 Å². The lowest BCUT2D eigenvalue weighted by Crippen LogP contribution is -2.47. The number of rotatable bonds is 3. The molecule has 0 spiro atoms. The van der Waals surface area contributed by atoms with Gasteiger partial charge in [0.25, 0.3) is 0 Å². The van der Waals surface area contributed by atoms with Gasteiger partial charge in [0, 0.05) is 6.54 Å². The van der Waals surface area contributed by atoms with Crippen molar-refractivity contribution >= 4 is 5.97 Å². The van der Waals surface area contributed by atoms with Crippen LogP contribution < -0.4 is 5.32 Å². The van der Waals surface area contributed by atoms with Gasteiger partial charge in [0.1, 0.15) is 5.82 Å². The van der Waals surface area contributed by atoms with Gasteiger partial charge in [0.05, 0.1) is 5.41 Å². The van der Waals surface area contributed by atoms with Crippen LogP contribution in [0.2, 0.25) is 0 Å². The van der Waals surface area contributed by atoms with Gasteiger partial charge >= 0.3 is 5.97 Å². The molecule has 0 aromatic heterocycles. The summed E-state index contributed by atoms with van der Waals surface area (Å²) < 4.78 is 13.1. The van der Waals surface area contributed by atoms with Crippen LogP contribution in [-0.4, -0.2) is 24.2 Å². The lowest BCUT2D eigenvalue weighted by molar-refractivity contribution is -0.150. The van der Waals surface area contributed by atoms with Crippen LogP contribution in [0.15, 0.2) is 18.2 Å². The molecule has 1 aliphatic rings. The minimum absolute atomic E-state index is 0.276. The number of carbonyl (C=O) groups is 1. The molecular weight excluding hydrogens is 233 g/mol. The Morgan fingerprint density at radius 3 is 2.89 bits per heavy atom. The fourth-order valence-electron chi connectivity index (χ4n) is 2.60. The van der Waals surface area contributed by atoms with Crippen LogP contribution in [0.1, 0.15) is 24.0 Å². The molecular formula is C14H18FNO2. The number of nitrogens with one attached hydrogen (secondary N) is 1. The van der Waals surface area contributed by atoms with E-state index in [0.29, 0.717) is 19.4 Å². The van der Waals surface area contributed by atoms with E-state index in [9.17, 15) is 14.3 Å². The first kappa shape index (κ1) is 13.0. The van der Waals surface area contributed by atoms with Crippen LogP contribution in [0, 0.1) is 18.2 Å². The maximum absolute atomic E-state index is 13.1. The van der Waals surface area contributed by atoms with E-state index < -0.39 is 11.4 Å². The zero-order valence-electron chi connectivity index (χ0n) is 10.5. The second-order valence-corrected chi connectivity index (χ2v) is 5.11. The first-order valence-electron chi connectivity index (χ1n) is 6.23. The highest BCUT2D eigenvalue weighted by molar-refractivity contribution is 5.75. The van der Waals surface area contributed by atoms with E-state index in [0.717, 1.165) is 24.1 Å². The maximum Gasteiger partial charge on any atom is 0.311 e. The number of piperidine rings is 1. The maximum atomic E-state index is 13.1. The van der Waals surface area contributed by atoms with Gasteiger partial charge in [-0.05, 0) is 56.0 Å². The van der Waals surface area contributed by atoms with Crippen LogP contribution in [0.5, 0.6) is 0 Å². The van der Waals surface area contributed by atoms with Gasteiger partial charge in [-0.2, -0.15) is 0 Å². The van der Waals surface area contributed by atoms with Gasteiger partial charge < -0.3 is 10.4 Å². The molecule has 1 aromatic carbocycles. The van der Waals surface area contributed by atoms with Gasteiger partial charge in [-0.1, -0.05) is 6.07 Å². The van der Waals surface area contributed by atoms with Gasteiger partial charge in [0.2, 0.25) is 0 Å². The number of aryl methyl sites for hydroxylation is 1. The Bertz CT molecular complexity index is 453. The van der Waals surface area contributed by atoms with Crippen LogP contribution in [0.25, 0.3) is 0 Å². The Labute approximate surface area is 106 Å². The highest BCUT2D eigenvalue weighted by atomic mass is 19.1. The Morgan fingerprint density at radius 1 is 1.56 bits per heavy atom. The molecule has 0 bridgehead atoms. The SMILES string of the molecule is Cc1cc(F)ccc1CC1(C(=O)O)CCCNC1. The number of hydrogen-bond donors (Lipinski definition) is 2. The topological polar surface area (TPSA) is 49.3 Å². The number of carboxylic acids is 1. The van der Waals surface area contributed by atoms with Gasteiger partial charge in [-0.3, -0.25) is 4.79 Å². The number of carboxylic acid groups (broad SMARTS) is 1. The van der Waals surface area contributed by atoms with E-state index in [1.54, 1.807) is 6.07 Å². The predicted octanol–water partition coefficient (Wildman–Crippen LogP) is 2.13. The average Bonchev–Trinajstić information content (AvgIpc) is 2.34. The summed E-state index contributed by atoms with van der Waals surface area (Å²) in [5.74, 6) is -1.04. The normalized spacial score (nSPS) is 23.9. The summed E-state index contributed by atoms with van der Waals surface area (Å²) in [6.45, 7) is 3.18. The molecule has 0 radical (unpaired) electrons. The fraction of sp³-hybridized carbons (Fsp3) is 0.500. The van der Waals surface area contributed by atoms with Crippen molar-refractivity contribution in [3.8, 4) is 0 Å². The third kappa shape index (κ3) is 2.53. The van der Waals surface area contributed by atoms with Crippen LogP contribution in [-0.2, 0) is 11.2 Å². The van der Waals surface area contributed by atoms with Crippen molar-refractivity contribution < 1.29 is 14.3 Å². The molecule has 2 rings (SSSR count). The fourth-order valence-corrected chi connectivity index (χ4v) is 2.60. The summed E-state index contributed by atoms with van der Waals surface area (Å²) in [7, 11) is 0. The smallest absolute Gasteiger partial charge is 0.311 e. The van der Waals surface area contributed by atoms with Crippen molar-refractivity contribution in [3.63, 3.8) is 0 Å². The number of benzene rings is 1. The van der Waals surface area contributed by atoms with E-state index >= 15 is 0 Å². The van der Waals surface area contributed by atoms with Crippen molar-refractivity contribution in [1.29, 1.82) is 0 Å². The van der Waals surface area contributed by atoms with Crippen LogP contribution in [0.3, 0.4) is 0 Å². The first-order valence-corrected chi connectivity index (χ1v) is 6.23. The quantitative estimate of drug-likeness (QED) is 0.865. The second kappa shape index (κ2) is 5.06. The molecule has 98 valence electrons. The molecule has 3 nitrogen and oxygen atoms in total. The van der Waals surface area contributed by atoms with E-state index in [4.69, 9.17) is 0 Å². The molecule has 0 aliphatic carbocycles. The van der Waals surface area contributed by atoms with Crippen molar-refractivity contribution in [3.05, 3.63) is 35.1 Å². The molecule has 2 N–H and O–H groups in total. The van der Waals surface area contributed by atoms with Crippen molar-refractivity contribution in [2.45, 2.75) is 26.2 Å². The first-order chi connectivity index (χ1) is 8.53. The van der Waals surface area contributed by atoms with Gasteiger partial charge in [-0.15, -0.1) is 0 Å². The highest BCUT2D eigenvalue weighted by Crippen LogP contribution is 2.32. The second-order valence-electron chi connectivity index (χ2n) is 5.11. The Kier molecular flexibility index (Phi) is 3.66. The average molecular weight is 251 g/mol. The van der Waals surface area contributed by atoms with E-state index in [-0.39, 0.29) is 5.82 Å². The predicted molar refractivity (Wildman–Crippen MR) is 67.0 cm³/mol. The molecule has 1 saturated heterocycles. The molecule has 0 amide bonds. The molecule has 1 unspecified atom stereocenters. The Balaban J connectivity index is 2.26. The minimum Gasteiger partial charge on any atom is -0.481 e. The Hall–Kier alpha value is -1.42. The molecule has 1 heterocycles. The standard InChI is InChI=1S/C14H18FNO2/c1-10-7-12(15)4-3-11(10)8-14(13(17)18)5-2-6-16-9-14/h3-4,7,16H,2,5-6,8-9H2,1H3,(H,17,18). The molecule has 1 atom stereocenters.